The molecule has 0 aliphatic carbocycles. The first-order valence-corrected chi connectivity index (χ1v) is 7.97. The van der Waals surface area contributed by atoms with Crippen LogP contribution in [0.4, 0.5) is 0 Å². The van der Waals surface area contributed by atoms with Gasteiger partial charge in [-0.1, -0.05) is 0 Å². The number of imide groups is 1. The van der Waals surface area contributed by atoms with Crippen molar-refractivity contribution in [3.8, 4) is 5.75 Å². The van der Waals surface area contributed by atoms with Crippen LogP contribution in [0.3, 0.4) is 0 Å². The zero-order valence-electron chi connectivity index (χ0n) is 12.8. The van der Waals surface area contributed by atoms with Gasteiger partial charge in [0.25, 0.3) is 5.91 Å². The fourth-order valence-corrected chi connectivity index (χ4v) is 3.74. The fourth-order valence-electron chi connectivity index (χ4n) is 3.74. The number of amides is 3. The summed E-state index contributed by atoms with van der Waals surface area (Å²) < 4.78 is 5.57. The van der Waals surface area contributed by atoms with E-state index < -0.39 is 5.41 Å². The number of ether oxygens (including phenoxy) is 1. The van der Waals surface area contributed by atoms with Gasteiger partial charge in [0.2, 0.25) is 11.8 Å². The van der Waals surface area contributed by atoms with Crippen molar-refractivity contribution < 1.29 is 19.1 Å². The lowest BCUT2D eigenvalue weighted by Crippen LogP contribution is -2.36. The van der Waals surface area contributed by atoms with Crippen molar-refractivity contribution in [2.45, 2.75) is 25.7 Å². The molecule has 3 heterocycles. The number of benzene rings is 1. The third kappa shape index (κ3) is 2.29. The number of hydrogen-bond acceptors (Lipinski definition) is 4. The molecule has 0 aromatic heterocycles. The van der Waals surface area contributed by atoms with E-state index in [1.165, 1.54) is 0 Å². The minimum absolute atomic E-state index is 0.0811. The molecule has 1 aromatic rings. The summed E-state index contributed by atoms with van der Waals surface area (Å²) in [7, 11) is 0. The normalized spacial score (nSPS) is 26.2. The second kappa shape index (κ2) is 5.08. The molecule has 1 N–H and O–H groups in total. The van der Waals surface area contributed by atoms with Crippen LogP contribution in [0.15, 0.2) is 18.2 Å². The quantitative estimate of drug-likeness (QED) is 0.781. The lowest BCUT2D eigenvalue weighted by atomic mass is 9.85. The van der Waals surface area contributed by atoms with Gasteiger partial charge in [-0.15, -0.1) is 0 Å². The highest BCUT2D eigenvalue weighted by molar-refractivity contribution is 6.06. The molecule has 23 heavy (non-hydrogen) atoms. The lowest BCUT2D eigenvalue weighted by Gasteiger charge is -2.22. The third-order valence-corrected chi connectivity index (χ3v) is 5.03. The topological polar surface area (TPSA) is 75.7 Å². The Morgan fingerprint density at radius 1 is 1.30 bits per heavy atom. The number of carbonyl (C=O) groups is 3. The first-order chi connectivity index (χ1) is 11.1. The van der Waals surface area contributed by atoms with Crippen LogP contribution in [-0.2, 0) is 16.0 Å². The van der Waals surface area contributed by atoms with E-state index >= 15 is 0 Å². The van der Waals surface area contributed by atoms with Gasteiger partial charge in [-0.2, -0.15) is 0 Å². The van der Waals surface area contributed by atoms with Gasteiger partial charge >= 0.3 is 0 Å². The number of aryl methyl sites for hydroxylation is 1. The van der Waals surface area contributed by atoms with Crippen LogP contribution >= 0.6 is 0 Å². The molecule has 3 amide bonds. The van der Waals surface area contributed by atoms with Crippen LogP contribution < -0.4 is 10.1 Å². The number of nitrogens with zero attached hydrogens (tertiary/aromatic N) is 1. The standard InChI is InChI=1S/C17H18N2O4/c20-14-9-17(16(22)18-14)5-6-19(10-17)15(21)12-3-4-13-11(8-12)2-1-7-23-13/h3-4,8H,1-2,5-7,9-10H2,(H,18,20,22)/t17-/m1/s1. The molecule has 3 aliphatic rings. The summed E-state index contributed by atoms with van der Waals surface area (Å²) in [4.78, 5) is 37.9. The Bertz CT molecular complexity index is 715. The molecule has 0 radical (unpaired) electrons. The highest BCUT2D eigenvalue weighted by atomic mass is 16.5. The van der Waals surface area contributed by atoms with E-state index in [0.717, 1.165) is 30.8 Å². The summed E-state index contributed by atoms with van der Waals surface area (Å²) >= 11 is 0. The first-order valence-electron chi connectivity index (χ1n) is 7.97. The van der Waals surface area contributed by atoms with Gasteiger partial charge in [0, 0.05) is 25.1 Å². The summed E-state index contributed by atoms with van der Waals surface area (Å²) in [5.41, 5.74) is 0.963. The van der Waals surface area contributed by atoms with E-state index in [2.05, 4.69) is 5.32 Å². The molecule has 4 rings (SSSR count). The minimum atomic E-state index is -0.718. The van der Waals surface area contributed by atoms with Gasteiger partial charge in [0.1, 0.15) is 5.75 Å². The van der Waals surface area contributed by atoms with Crippen molar-refractivity contribution >= 4 is 17.7 Å². The summed E-state index contributed by atoms with van der Waals surface area (Å²) in [6.45, 7) is 1.54. The maximum Gasteiger partial charge on any atom is 0.253 e. The van der Waals surface area contributed by atoms with Gasteiger partial charge in [-0.3, -0.25) is 19.7 Å². The monoisotopic (exact) mass is 314 g/mol. The van der Waals surface area contributed by atoms with Gasteiger partial charge in [-0.25, -0.2) is 0 Å². The van der Waals surface area contributed by atoms with Crippen LogP contribution in [-0.4, -0.2) is 42.3 Å². The summed E-state index contributed by atoms with van der Waals surface area (Å²) in [5, 5.41) is 2.36. The molecule has 1 spiro atoms. The number of likely N-dealkylation sites (tertiary alicyclic amines) is 1. The molecule has 3 aliphatic heterocycles. The Morgan fingerprint density at radius 3 is 2.96 bits per heavy atom. The van der Waals surface area contributed by atoms with Crippen LogP contribution in [0.2, 0.25) is 0 Å². The molecule has 2 fully saturated rings. The molecule has 6 heteroatoms. The minimum Gasteiger partial charge on any atom is -0.493 e. The van der Waals surface area contributed by atoms with E-state index in [9.17, 15) is 14.4 Å². The predicted octanol–water partition coefficient (Wildman–Crippen LogP) is 0.890. The average Bonchev–Trinajstić information content (AvgIpc) is 3.10. The third-order valence-electron chi connectivity index (χ3n) is 5.03. The van der Waals surface area contributed by atoms with E-state index in [0.29, 0.717) is 25.1 Å². The number of nitrogens with one attached hydrogen (secondary N) is 1. The second-order valence-corrected chi connectivity index (χ2v) is 6.59. The van der Waals surface area contributed by atoms with Gasteiger partial charge in [0.05, 0.1) is 12.0 Å². The smallest absolute Gasteiger partial charge is 0.253 e. The predicted molar refractivity (Wildman–Crippen MR) is 81.0 cm³/mol. The number of rotatable bonds is 1. The maximum atomic E-state index is 12.7. The van der Waals surface area contributed by atoms with Crippen LogP contribution in [0, 0.1) is 5.41 Å². The van der Waals surface area contributed by atoms with Crippen molar-refractivity contribution in [1.29, 1.82) is 0 Å². The Kier molecular flexibility index (Phi) is 3.14. The molecule has 6 nitrogen and oxygen atoms in total. The number of carbonyl (C=O) groups excluding carboxylic acids is 3. The van der Waals surface area contributed by atoms with E-state index in [1.807, 2.05) is 12.1 Å². The second-order valence-electron chi connectivity index (χ2n) is 6.59. The van der Waals surface area contributed by atoms with Crippen molar-refractivity contribution in [2.75, 3.05) is 19.7 Å². The van der Waals surface area contributed by atoms with Gasteiger partial charge in [0.15, 0.2) is 0 Å². The van der Waals surface area contributed by atoms with Crippen LogP contribution in [0.25, 0.3) is 0 Å². The zero-order valence-corrected chi connectivity index (χ0v) is 12.8. The van der Waals surface area contributed by atoms with Gasteiger partial charge < -0.3 is 9.64 Å². The number of hydrogen-bond donors (Lipinski definition) is 1. The molecule has 0 bridgehead atoms. The molecule has 0 unspecified atom stereocenters. The fraction of sp³-hybridized carbons (Fsp3) is 0.471. The molecule has 120 valence electrons. The van der Waals surface area contributed by atoms with Crippen molar-refractivity contribution in [3.05, 3.63) is 29.3 Å². The Morgan fingerprint density at radius 2 is 2.17 bits per heavy atom. The van der Waals surface area contributed by atoms with E-state index in [1.54, 1.807) is 11.0 Å². The van der Waals surface area contributed by atoms with Gasteiger partial charge in [-0.05, 0) is 43.0 Å². The Labute approximate surface area is 133 Å². The lowest BCUT2D eigenvalue weighted by molar-refractivity contribution is -0.128. The molecule has 1 atom stereocenters. The molecule has 0 saturated carbocycles. The Hall–Kier alpha value is -2.37. The molecule has 1 aromatic carbocycles. The highest BCUT2D eigenvalue weighted by Gasteiger charge is 2.51. The van der Waals surface area contributed by atoms with Crippen LogP contribution in [0.1, 0.15) is 35.2 Å². The van der Waals surface area contributed by atoms with Crippen LogP contribution in [0.5, 0.6) is 5.75 Å². The summed E-state index contributed by atoms with van der Waals surface area (Å²) in [6, 6.07) is 5.51. The largest absolute Gasteiger partial charge is 0.493 e. The highest BCUT2D eigenvalue weighted by Crippen LogP contribution is 2.38. The van der Waals surface area contributed by atoms with Crippen molar-refractivity contribution in [3.63, 3.8) is 0 Å². The molecular weight excluding hydrogens is 296 g/mol. The Balaban J connectivity index is 1.54. The average molecular weight is 314 g/mol. The first kappa shape index (κ1) is 14.2. The van der Waals surface area contributed by atoms with E-state index in [-0.39, 0.29) is 24.1 Å². The zero-order chi connectivity index (χ0) is 16.0. The molecular formula is C17H18N2O4. The maximum absolute atomic E-state index is 12.7. The summed E-state index contributed by atoms with van der Waals surface area (Å²) in [5.74, 6) is 0.292. The summed E-state index contributed by atoms with van der Waals surface area (Å²) in [6.07, 6.45) is 2.61. The SMILES string of the molecule is O=C1C[C@@]2(CCN(C(=O)c3ccc4c(c3)CCCO4)C2)C(=O)N1. The molecule has 2 saturated heterocycles. The number of fused-ring (bicyclic) bond motifs is 1. The van der Waals surface area contributed by atoms with E-state index in [4.69, 9.17) is 4.74 Å². The van der Waals surface area contributed by atoms with Crippen molar-refractivity contribution in [1.82, 2.24) is 10.2 Å². The van der Waals surface area contributed by atoms with Crippen molar-refractivity contribution in [2.24, 2.45) is 5.41 Å².